The smallest absolute Gasteiger partial charge is 0.264 e. The fraction of sp³-hybridized carbons (Fsp3) is 0.310. The molecule has 0 bridgehead atoms. The highest BCUT2D eigenvalue weighted by Crippen LogP contribution is 2.48. The van der Waals surface area contributed by atoms with Crippen molar-refractivity contribution >= 4 is 59.8 Å². The second-order valence-electron chi connectivity index (χ2n) is 20.1. The number of benzene rings is 5. The van der Waals surface area contributed by atoms with E-state index >= 15 is 0 Å². The molecule has 74 heavy (non-hydrogen) atoms. The summed E-state index contributed by atoms with van der Waals surface area (Å²) < 4.78 is 60.1. The summed E-state index contributed by atoms with van der Waals surface area (Å²) in [7, 11) is -7.89. The molecule has 16 heteroatoms. The van der Waals surface area contributed by atoms with E-state index in [2.05, 4.69) is 121 Å². The number of amides is 2. The zero-order chi connectivity index (χ0) is 53.0. The Kier molecular flexibility index (Phi) is 15.7. The summed E-state index contributed by atoms with van der Waals surface area (Å²) in [5, 5.41) is 18.3. The van der Waals surface area contributed by atoms with Crippen LogP contribution in [0.2, 0.25) is 0 Å². The quantitative estimate of drug-likeness (QED) is 0.0250. The summed E-state index contributed by atoms with van der Waals surface area (Å²) in [6.07, 6.45) is 12.2. The topological polar surface area (TPSA) is 197 Å². The van der Waals surface area contributed by atoms with Crippen LogP contribution in [0.4, 0.5) is 11.4 Å². The van der Waals surface area contributed by atoms with E-state index in [1.807, 2.05) is 55.5 Å². The number of hydrogen-bond acceptors (Lipinski definition) is 8. The molecule has 0 saturated heterocycles. The van der Waals surface area contributed by atoms with Gasteiger partial charge in [-0.05, 0) is 105 Å². The zero-order valence-corrected chi connectivity index (χ0v) is 44.6. The van der Waals surface area contributed by atoms with Crippen molar-refractivity contribution in [2.45, 2.75) is 89.4 Å². The number of nitrogens with two attached hydrogens (primary N) is 1. The number of aromatic nitrogens is 2. The summed E-state index contributed by atoms with van der Waals surface area (Å²) in [5.41, 5.74) is 11.2. The summed E-state index contributed by atoms with van der Waals surface area (Å²) in [5.74, 6) is -0.583. The molecule has 14 nitrogen and oxygen atoms in total. The summed E-state index contributed by atoms with van der Waals surface area (Å²) in [4.78, 5) is 28.5. The highest BCUT2D eigenvalue weighted by molar-refractivity contribution is 7.89. The Morgan fingerprint density at radius 1 is 0.811 bits per heavy atom. The van der Waals surface area contributed by atoms with E-state index in [1.165, 1.54) is 28.5 Å². The molecule has 0 spiro atoms. The van der Waals surface area contributed by atoms with E-state index in [4.69, 9.17) is 10.2 Å². The molecule has 2 amide bonds. The van der Waals surface area contributed by atoms with Gasteiger partial charge in [-0.25, -0.2) is 18.2 Å². The minimum atomic E-state index is -4.03. The number of sulfonamides is 1. The maximum Gasteiger partial charge on any atom is 0.264 e. The van der Waals surface area contributed by atoms with Gasteiger partial charge in [0.15, 0.2) is 5.71 Å². The van der Waals surface area contributed by atoms with Gasteiger partial charge in [-0.1, -0.05) is 98.3 Å². The number of carbonyl (C=O) groups excluding carboxylic acids is 2. The molecular weight excluding hydrogens is 971 g/mol. The van der Waals surface area contributed by atoms with Crippen LogP contribution in [0.15, 0.2) is 150 Å². The monoisotopic (exact) mass is 1040 g/mol. The largest absolute Gasteiger partial charge is 0.354 e. The minimum Gasteiger partial charge on any atom is -0.354 e. The zero-order valence-electron chi connectivity index (χ0n) is 42.9. The SMILES string of the molecule is CCN1/C(=C/C=C/C=C/C2=[N+](CCCCS(=O)(=O)O)c3ccc4ccccc4c3C2(C)C)C(C)(C)c2cc(CC(=O)NCCNC(=O)CCc3cc(-c4ccc(C)cc4)n(-c4ccc(S(N)(=O)=O)cc4)n3)ccc21. The van der Waals surface area contributed by atoms with Crippen LogP contribution >= 0.6 is 0 Å². The summed E-state index contributed by atoms with van der Waals surface area (Å²) in [6.45, 7) is 14.9. The fourth-order valence-electron chi connectivity index (χ4n) is 10.3. The number of likely N-dealkylation sites (N-methyl/N-ethyl adjacent to an activating group) is 1. The molecule has 2 aliphatic rings. The minimum absolute atomic E-state index is 0.000122. The molecule has 0 fully saturated rings. The van der Waals surface area contributed by atoms with Crippen molar-refractivity contribution < 1.29 is 35.6 Å². The van der Waals surface area contributed by atoms with Crippen molar-refractivity contribution in [3.63, 3.8) is 0 Å². The second kappa shape index (κ2) is 21.9. The van der Waals surface area contributed by atoms with Crippen molar-refractivity contribution in [1.29, 1.82) is 0 Å². The molecule has 0 atom stereocenters. The van der Waals surface area contributed by atoms with Gasteiger partial charge in [0.1, 0.15) is 6.54 Å². The normalized spacial score (nSPS) is 15.7. The van der Waals surface area contributed by atoms with Crippen molar-refractivity contribution in [2.24, 2.45) is 5.14 Å². The van der Waals surface area contributed by atoms with E-state index in [0.29, 0.717) is 37.2 Å². The van der Waals surface area contributed by atoms with Crippen LogP contribution in [0.1, 0.15) is 81.8 Å². The lowest BCUT2D eigenvalue weighted by Crippen LogP contribution is -2.35. The Balaban J connectivity index is 0.866. The third kappa shape index (κ3) is 11.8. The van der Waals surface area contributed by atoms with Gasteiger partial charge in [-0.15, -0.1) is 0 Å². The standard InChI is InChI=1S/C58H65N7O7S2/c1-7-63-49-30-21-41(38-55(67)61-34-33-60-54(66)32-25-44-39-51(43-22-19-40(2)20-23-43)65(62-44)45-26-28-46(29-27-45)74(59,71)72)37-48(49)57(3,4)52(63)17-9-8-10-18-53-58(5,6)56-47-16-12-11-15-42(47)24-31-50(56)64(53)35-13-14-36-73(68,69)70/h8-12,15-24,26-31,37,39H,7,13-14,25,32-36,38H2,1-6H3,(H4-,59,60,61,66,67,68,69,70,71,72)/p+1. The summed E-state index contributed by atoms with van der Waals surface area (Å²) in [6, 6.07) is 35.0. The number of fused-ring (bicyclic) bond motifs is 4. The van der Waals surface area contributed by atoms with Crippen LogP contribution in [0.5, 0.6) is 0 Å². The van der Waals surface area contributed by atoms with Gasteiger partial charge in [-0.3, -0.25) is 14.1 Å². The van der Waals surface area contributed by atoms with E-state index in [0.717, 1.165) is 57.3 Å². The molecule has 2 aliphatic heterocycles. The molecule has 5 aromatic carbocycles. The average molecular weight is 1040 g/mol. The van der Waals surface area contributed by atoms with Gasteiger partial charge < -0.3 is 15.5 Å². The first-order chi connectivity index (χ1) is 35.2. The first-order valence-corrected chi connectivity index (χ1v) is 28.2. The predicted molar refractivity (Wildman–Crippen MR) is 294 cm³/mol. The van der Waals surface area contributed by atoms with E-state index in [9.17, 15) is 31.0 Å². The number of hydrogen-bond donors (Lipinski definition) is 4. The van der Waals surface area contributed by atoms with Gasteiger partial charge in [0.05, 0.1) is 39.6 Å². The van der Waals surface area contributed by atoms with Crippen LogP contribution < -0.4 is 20.7 Å². The van der Waals surface area contributed by atoms with Crippen molar-refractivity contribution in [1.82, 2.24) is 20.4 Å². The Labute approximate surface area is 435 Å². The Hall–Kier alpha value is -6.98. The first kappa shape index (κ1) is 53.3. The average Bonchev–Trinajstić information content (AvgIpc) is 3.95. The van der Waals surface area contributed by atoms with E-state index in [-0.39, 0.29) is 59.2 Å². The lowest BCUT2D eigenvalue weighted by atomic mass is 9.79. The highest BCUT2D eigenvalue weighted by atomic mass is 32.2. The number of allylic oxidation sites excluding steroid dienone is 6. The van der Waals surface area contributed by atoms with Gasteiger partial charge in [0.2, 0.25) is 27.5 Å². The second-order valence-corrected chi connectivity index (χ2v) is 23.2. The molecule has 0 unspecified atom stereocenters. The Morgan fingerprint density at radius 2 is 1.53 bits per heavy atom. The van der Waals surface area contributed by atoms with Crippen LogP contribution in [0, 0.1) is 6.92 Å². The molecule has 0 aliphatic carbocycles. The van der Waals surface area contributed by atoms with Crippen LogP contribution in [0.3, 0.4) is 0 Å². The molecule has 0 saturated carbocycles. The molecule has 3 heterocycles. The lowest BCUT2D eigenvalue weighted by molar-refractivity contribution is -0.438. The van der Waals surface area contributed by atoms with Gasteiger partial charge in [0.25, 0.3) is 10.1 Å². The molecule has 1 aromatic heterocycles. The number of carbonyl (C=O) groups is 2. The predicted octanol–water partition coefficient (Wildman–Crippen LogP) is 8.91. The van der Waals surface area contributed by atoms with Crippen molar-refractivity contribution in [3.05, 3.63) is 173 Å². The van der Waals surface area contributed by atoms with Crippen molar-refractivity contribution in [2.75, 3.05) is 36.8 Å². The number of unbranched alkanes of at least 4 members (excludes halogenated alkanes) is 1. The van der Waals surface area contributed by atoms with Crippen molar-refractivity contribution in [3.8, 4) is 16.9 Å². The number of rotatable bonds is 20. The molecule has 386 valence electrons. The number of nitrogens with zero attached hydrogens (tertiary/aromatic N) is 4. The fourth-order valence-corrected chi connectivity index (χ4v) is 11.4. The third-order valence-electron chi connectivity index (χ3n) is 14.1. The molecule has 5 N–H and O–H groups in total. The maximum absolute atomic E-state index is 13.2. The molecule has 6 aromatic rings. The number of aryl methyl sites for hydroxylation is 2. The van der Waals surface area contributed by atoms with Crippen LogP contribution in [-0.4, -0.2) is 85.2 Å². The first-order valence-electron chi connectivity index (χ1n) is 25.1. The molecular formula is C58H66N7O7S2+. The Morgan fingerprint density at radius 3 is 2.23 bits per heavy atom. The third-order valence-corrected chi connectivity index (χ3v) is 15.8. The van der Waals surface area contributed by atoms with E-state index < -0.39 is 20.1 Å². The molecule has 0 radical (unpaired) electrons. The lowest BCUT2D eigenvalue weighted by Gasteiger charge is -2.25. The van der Waals surface area contributed by atoms with Crippen LogP contribution in [0.25, 0.3) is 27.7 Å². The summed E-state index contributed by atoms with van der Waals surface area (Å²) >= 11 is 0. The van der Waals surface area contributed by atoms with Gasteiger partial charge in [-0.2, -0.15) is 18.1 Å². The number of anilines is 1. The maximum atomic E-state index is 13.2. The molecule has 8 rings (SSSR count). The van der Waals surface area contributed by atoms with Crippen LogP contribution in [-0.2, 0) is 53.4 Å². The van der Waals surface area contributed by atoms with E-state index in [1.54, 1.807) is 16.8 Å². The van der Waals surface area contributed by atoms with Gasteiger partial charge in [0, 0.05) is 79.0 Å². The Bertz CT molecular complexity index is 3460. The number of primary sulfonamides is 1. The highest BCUT2D eigenvalue weighted by Gasteiger charge is 2.45. The number of nitrogens with one attached hydrogen (secondary N) is 2. The van der Waals surface area contributed by atoms with Gasteiger partial charge >= 0.3 is 0 Å².